The van der Waals surface area contributed by atoms with E-state index in [2.05, 4.69) is 15.8 Å². The second-order valence-corrected chi connectivity index (χ2v) is 5.05. The Balaban J connectivity index is 1.93. The Bertz CT molecular complexity index is 707. The van der Waals surface area contributed by atoms with E-state index in [0.717, 1.165) is 23.4 Å². The number of benzene rings is 2. The second kappa shape index (κ2) is 7.49. The van der Waals surface area contributed by atoms with Gasteiger partial charge in [-0.3, -0.25) is 4.79 Å². The molecule has 0 aromatic heterocycles. The summed E-state index contributed by atoms with van der Waals surface area (Å²) in [7, 11) is 0. The first-order chi connectivity index (χ1) is 11.0. The van der Waals surface area contributed by atoms with Crippen LogP contribution in [0.3, 0.4) is 0 Å². The molecule has 6 heteroatoms. The first-order valence-electron chi connectivity index (χ1n) is 7.05. The Morgan fingerprint density at radius 1 is 1.09 bits per heavy atom. The highest BCUT2D eigenvalue weighted by molar-refractivity contribution is 5.99. The summed E-state index contributed by atoms with van der Waals surface area (Å²) in [6.45, 7) is 3.39. The summed E-state index contributed by atoms with van der Waals surface area (Å²) in [5.74, 6) is -1.86. The number of hydrogen-bond donors (Lipinski definition) is 2. The highest BCUT2D eigenvalue weighted by atomic mass is 19.1. The number of hydrogen-bond acceptors (Lipinski definition) is 3. The summed E-state index contributed by atoms with van der Waals surface area (Å²) < 4.78 is 27.2. The first-order valence-corrected chi connectivity index (χ1v) is 7.05. The van der Waals surface area contributed by atoms with Gasteiger partial charge in [0.25, 0.3) is 5.91 Å². The predicted octanol–water partition coefficient (Wildman–Crippen LogP) is 3.23. The maximum absolute atomic E-state index is 13.6. The molecule has 2 rings (SSSR count). The molecule has 0 aliphatic rings. The monoisotopic (exact) mass is 317 g/mol. The SMILES string of the molecule is C/C(=N/NC(=O)CNc1ccc(C)cc1)c1c(F)cccc1F. The summed E-state index contributed by atoms with van der Waals surface area (Å²) in [5.41, 5.74) is 3.99. The lowest BCUT2D eigenvalue weighted by Gasteiger charge is -2.07. The summed E-state index contributed by atoms with van der Waals surface area (Å²) in [6, 6.07) is 11.1. The van der Waals surface area contributed by atoms with E-state index < -0.39 is 17.5 Å². The number of nitrogens with zero attached hydrogens (tertiary/aromatic N) is 1. The lowest BCUT2D eigenvalue weighted by Crippen LogP contribution is -2.27. The van der Waals surface area contributed by atoms with Gasteiger partial charge in [-0.2, -0.15) is 5.10 Å². The number of carbonyl (C=O) groups excluding carboxylic acids is 1. The molecule has 2 aromatic rings. The van der Waals surface area contributed by atoms with Gasteiger partial charge in [-0.15, -0.1) is 0 Å². The number of carbonyl (C=O) groups is 1. The van der Waals surface area contributed by atoms with Crippen molar-refractivity contribution < 1.29 is 13.6 Å². The average Bonchev–Trinajstić information content (AvgIpc) is 2.52. The fourth-order valence-electron chi connectivity index (χ4n) is 1.94. The molecule has 0 aliphatic heterocycles. The van der Waals surface area contributed by atoms with Crippen LogP contribution in [0.25, 0.3) is 0 Å². The number of hydrazone groups is 1. The molecule has 23 heavy (non-hydrogen) atoms. The van der Waals surface area contributed by atoms with Gasteiger partial charge in [0.05, 0.1) is 17.8 Å². The van der Waals surface area contributed by atoms with E-state index in [-0.39, 0.29) is 17.8 Å². The van der Waals surface area contributed by atoms with Gasteiger partial charge in [-0.05, 0) is 38.1 Å². The maximum Gasteiger partial charge on any atom is 0.259 e. The predicted molar refractivity (Wildman–Crippen MR) is 86.4 cm³/mol. The first kappa shape index (κ1) is 16.6. The molecule has 1 amide bonds. The molecule has 120 valence electrons. The van der Waals surface area contributed by atoms with Crippen LogP contribution in [0.4, 0.5) is 14.5 Å². The summed E-state index contributed by atoms with van der Waals surface area (Å²) in [5, 5.41) is 6.67. The quantitative estimate of drug-likeness (QED) is 0.657. The van der Waals surface area contributed by atoms with E-state index in [4.69, 9.17) is 0 Å². The zero-order chi connectivity index (χ0) is 16.8. The fourth-order valence-corrected chi connectivity index (χ4v) is 1.94. The van der Waals surface area contributed by atoms with E-state index in [1.54, 1.807) is 0 Å². The molecule has 0 atom stereocenters. The van der Waals surface area contributed by atoms with Gasteiger partial charge in [0.2, 0.25) is 0 Å². The molecule has 0 unspecified atom stereocenters. The second-order valence-electron chi connectivity index (χ2n) is 5.05. The molecule has 2 N–H and O–H groups in total. The third kappa shape index (κ3) is 4.60. The Hall–Kier alpha value is -2.76. The van der Waals surface area contributed by atoms with Gasteiger partial charge in [-0.25, -0.2) is 14.2 Å². The topological polar surface area (TPSA) is 53.5 Å². The number of nitrogens with one attached hydrogen (secondary N) is 2. The summed E-state index contributed by atoms with van der Waals surface area (Å²) in [6.07, 6.45) is 0. The van der Waals surface area contributed by atoms with Crippen molar-refractivity contribution in [1.29, 1.82) is 0 Å². The van der Waals surface area contributed by atoms with E-state index >= 15 is 0 Å². The van der Waals surface area contributed by atoms with Gasteiger partial charge >= 0.3 is 0 Å². The van der Waals surface area contributed by atoms with Crippen molar-refractivity contribution in [3.05, 3.63) is 65.2 Å². The normalized spacial score (nSPS) is 11.2. The third-order valence-electron chi connectivity index (χ3n) is 3.18. The van der Waals surface area contributed by atoms with Gasteiger partial charge in [-0.1, -0.05) is 23.8 Å². The molecule has 0 heterocycles. The number of amides is 1. The Labute approximate surface area is 133 Å². The van der Waals surface area contributed by atoms with Crippen LogP contribution in [0.2, 0.25) is 0 Å². The molecule has 0 fully saturated rings. The van der Waals surface area contributed by atoms with Gasteiger partial charge in [0, 0.05) is 5.69 Å². The van der Waals surface area contributed by atoms with Crippen molar-refractivity contribution in [3.63, 3.8) is 0 Å². The van der Waals surface area contributed by atoms with Crippen LogP contribution < -0.4 is 10.7 Å². The van der Waals surface area contributed by atoms with Crippen molar-refractivity contribution in [2.45, 2.75) is 13.8 Å². The highest BCUT2D eigenvalue weighted by Gasteiger charge is 2.11. The van der Waals surface area contributed by atoms with Crippen molar-refractivity contribution in [1.82, 2.24) is 5.43 Å². The maximum atomic E-state index is 13.6. The molecule has 0 radical (unpaired) electrons. The molecular weight excluding hydrogens is 300 g/mol. The minimum atomic E-state index is -0.724. The van der Waals surface area contributed by atoms with Crippen molar-refractivity contribution in [3.8, 4) is 0 Å². The average molecular weight is 317 g/mol. The van der Waals surface area contributed by atoms with Crippen molar-refractivity contribution >= 4 is 17.3 Å². The number of halogens is 2. The molecular formula is C17H17F2N3O. The van der Waals surface area contributed by atoms with Gasteiger partial charge < -0.3 is 5.32 Å². The summed E-state index contributed by atoms with van der Waals surface area (Å²) >= 11 is 0. The Morgan fingerprint density at radius 3 is 2.30 bits per heavy atom. The van der Waals surface area contributed by atoms with E-state index in [9.17, 15) is 13.6 Å². The van der Waals surface area contributed by atoms with Crippen molar-refractivity contribution in [2.75, 3.05) is 11.9 Å². The van der Waals surface area contributed by atoms with Crippen LogP contribution >= 0.6 is 0 Å². The number of rotatable bonds is 5. The minimum Gasteiger partial charge on any atom is -0.376 e. The Morgan fingerprint density at radius 2 is 1.70 bits per heavy atom. The van der Waals surface area contributed by atoms with Crippen LogP contribution in [0.1, 0.15) is 18.1 Å². The molecule has 2 aromatic carbocycles. The van der Waals surface area contributed by atoms with E-state index in [1.807, 2.05) is 31.2 Å². The largest absolute Gasteiger partial charge is 0.376 e. The van der Waals surface area contributed by atoms with Crippen molar-refractivity contribution in [2.24, 2.45) is 5.10 Å². The van der Waals surface area contributed by atoms with Crippen LogP contribution in [0.15, 0.2) is 47.6 Å². The van der Waals surface area contributed by atoms with E-state index in [1.165, 1.54) is 13.0 Å². The fraction of sp³-hybridized carbons (Fsp3) is 0.176. The van der Waals surface area contributed by atoms with Crippen LogP contribution in [0.5, 0.6) is 0 Å². The number of anilines is 1. The Kier molecular flexibility index (Phi) is 5.41. The number of aryl methyl sites for hydroxylation is 1. The van der Waals surface area contributed by atoms with Crippen LogP contribution in [0, 0.1) is 18.6 Å². The smallest absolute Gasteiger partial charge is 0.259 e. The van der Waals surface area contributed by atoms with Crippen LogP contribution in [-0.4, -0.2) is 18.2 Å². The lowest BCUT2D eigenvalue weighted by atomic mass is 10.1. The van der Waals surface area contributed by atoms with Gasteiger partial charge in [0.1, 0.15) is 11.6 Å². The zero-order valence-corrected chi connectivity index (χ0v) is 12.9. The molecule has 4 nitrogen and oxygen atoms in total. The molecule has 0 saturated heterocycles. The molecule has 0 aliphatic carbocycles. The van der Waals surface area contributed by atoms with E-state index in [0.29, 0.717) is 0 Å². The lowest BCUT2D eigenvalue weighted by molar-refractivity contribution is -0.119. The minimum absolute atomic E-state index is 0.000402. The third-order valence-corrected chi connectivity index (χ3v) is 3.18. The van der Waals surface area contributed by atoms with Crippen LogP contribution in [-0.2, 0) is 4.79 Å². The molecule has 0 saturated carbocycles. The summed E-state index contributed by atoms with van der Waals surface area (Å²) in [4.78, 5) is 11.7. The standard InChI is InChI=1S/C17H17F2N3O/c1-11-6-8-13(9-7-11)20-10-16(23)22-21-12(2)17-14(18)4-3-5-15(17)19/h3-9,20H,10H2,1-2H3,(H,22,23)/b21-12-. The molecule has 0 spiro atoms. The van der Waals surface area contributed by atoms with Gasteiger partial charge in [0.15, 0.2) is 0 Å². The zero-order valence-electron chi connectivity index (χ0n) is 12.9. The molecule has 0 bridgehead atoms. The highest BCUT2D eigenvalue weighted by Crippen LogP contribution is 2.13.